The molecule has 0 radical (unpaired) electrons. The number of hydrogen-bond donors (Lipinski definition) is 1. The number of carbonyl (C=O) groups is 1. The molecule has 3 atom stereocenters. The molecule has 0 aliphatic carbocycles. The van der Waals surface area contributed by atoms with Gasteiger partial charge in [0.05, 0.1) is 41.8 Å². The Kier molecular flexibility index (Phi) is 4.83. The zero-order valence-corrected chi connectivity index (χ0v) is 16.5. The minimum atomic E-state index is -4.57. The fourth-order valence-electron chi connectivity index (χ4n) is 4.60. The maximum atomic E-state index is 14.8. The van der Waals surface area contributed by atoms with Crippen molar-refractivity contribution in [2.24, 2.45) is 0 Å². The molecule has 2 aliphatic heterocycles. The van der Waals surface area contributed by atoms with Gasteiger partial charge in [-0.15, -0.1) is 0 Å². The molecule has 7 nitrogen and oxygen atoms in total. The van der Waals surface area contributed by atoms with Crippen molar-refractivity contribution in [1.29, 1.82) is 0 Å². The Morgan fingerprint density at radius 3 is 2.69 bits per heavy atom. The zero-order valence-electron chi connectivity index (χ0n) is 16.5. The normalized spacial score (nSPS) is 22.4. The predicted octanol–water partition coefficient (Wildman–Crippen LogP) is 4.15. The van der Waals surface area contributed by atoms with E-state index in [0.717, 1.165) is 12.6 Å². The van der Waals surface area contributed by atoms with Gasteiger partial charge in [0.25, 0.3) is 5.91 Å². The van der Waals surface area contributed by atoms with Crippen molar-refractivity contribution >= 4 is 11.7 Å². The third-order valence-electron chi connectivity index (χ3n) is 5.94. The summed E-state index contributed by atoms with van der Waals surface area (Å²) in [5, 5.41) is 3.08. The number of carbonyl (C=O) groups excluding carboxylic acids is 1. The number of halogens is 4. The first-order valence-corrected chi connectivity index (χ1v) is 10.00. The number of nitrogens with one attached hydrogen (secondary N) is 1. The lowest BCUT2D eigenvalue weighted by Crippen LogP contribution is -2.40. The number of anilines is 1. The van der Waals surface area contributed by atoms with Gasteiger partial charge in [0.2, 0.25) is 5.89 Å². The average molecular weight is 447 g/mol. The lowest BCUT2D eigenvalue weighted by atomic mass is 9.95. The number of fused-ring (bicyclic) bond motifs is 2. The second kappa shape index (κ2) is 7.57. The van der Waals surface area contributed by atoms with Gasteiger partial charge in [0.1, 0.15) is 17.9 Å². The summed E-state index contributed by atoms with van der Waals surface area (Å²) in [5.74, 6) is -0.801. The molecule has 5 rings (SSSR count). The summed E-state index contributed by atoms with van der Waals surface area (Å²) >= 11 is 0. The van der Waals surface area contributed by atoms with E-state index >= 15 is 0 Å². The number of oxazole rings is 1. The molecular weight excluding hydrogens is 430 g/mol. The molecule has 2 aromatic heterocycles. The van der Waals surface area contributed by atoms with Gasteiger partial charge in [-0.2, -0.15) is 13.2 Å². The first kappa shape index (κ1) is 20.4. The van der Waals surface area contributed by atoms with Gasteiger partial charge >= 0.3 is 6.18 Å². The van der Waals surface area contributed by atoms with Crippen LogP contribution in [0.2, 0.25) is 0 Å². The molecule has 4 heterocycles. The fraction of sp³-hybridized carbons (Fsp3) is 0.333. The van der Waals surface area contributed by atoms with Gasteiger partial charge in [0.15, 0.2) is 5.69 Å². The van der Waals surface area contributed by atoms with Gasteiger partial charge < -0.3 is 14.6 Å². The Morgan fingerprint density at radius 1 is 1.16 bits per heavy atom. The van der Waals surface area contributed by atoms with Crippen molar-refractivity contribution in [2.45, 2.75) is 43.6 Å². The van der Waals surface area contributed by atoms with Crippen molar-refractivity contribution in [3.05, 3.63) is 60.1 Å². The molecule has 0 spiro atoms. The van der Waals surface area contributed by atoms with E-state index in [1.165, 1.54) is 24.6 Å². The molecule has 1 N–H and O–H groups in total. The number of benzene rings is 1. The van der Waals surface area contributed by atoms with Crippen molar-refractivity contribution in [1.82, 2.24) is 19.9 Å². The molecule has 3 aromatic rings. The summed E-state index contributed by atoms with van der Waals surface area (Å²) in [6, 6.07) is 3.66. The molecule has 32 heavy (non-hydrogen) atoms. The third kappa shape index (κ3) is 3.47. The lowest BCUT2D eigenvalue weighted by molar-refractivity contribution is -0.141. The van der Waals surface area contributed by atoms with E-state index in [2.05, 4.69) is 20.3 Å². The van der Waals surface area contributed by atoms with E-state index in [9.17, 15) is 22.4 Å². The second-order valence-electron chi connectivity index (χ2n) is 7.78. The average Bonchev–Trinajstić information content (AvgIpc) is 3.49. The number of nitrogens with zero attached hydrogens (tertiary/aromatic N) is 4. The van der Waals surface area contributed by atoms with Crippen LogP contribution in [-0.4, -0.2) is 43.9 Å². The molecule has 1 aromatic carbocycles. The van der Waals surface area contributed by atoms with Gasteiger partial charge in [-0.05, 0) is 31.4 Å². The number of aromatic nitrogens is 3. The van der Waals surface area contributed by atoms with Crippen LogP contribution in [0.3, 0.4) is 0 Å². The quantitative estimate of drug-likeness (QED) is 0.605. The SMILES string of the molecule is O=C(c1c(F)cccc1-c1ncco1)N1[C@@H]2CC[C@H]1[C@H](Nc1cnc(C(F)(F)F)cn1)C2. The number of alkyl halides is 3. The van der Waals surface area contributed by atoms with E-state index in [-0.39, 0.29) is 41.0 Å². The van der Waals surface area contributed by atoms with Crippen LogP contribution in [0.25, 0.3) is 11.5 Å². The standard InChI is InChI=1S/C21H17F4N5O2/c22-13-3-1-2-12(19-26-6-7-32-19)18(13)20(31)30-11-4-5-15(30)14(8-11)29-17-10-27-16(9-28-17)21(23,24)25/h1-3,6-7,9-11,14-15H,4-5,8H2,(H,28,29)/t11-,14-,15+/m1/s1. The number of rotatable bonds is 4. The van der Waals surface area contributed by atoms with Crippen LogP contribution in [0.1, 0.15) is 35.3 Å². The van der Waals surface area contributed by atoms with E-state index < -0.39 is 23.6 Å². The van der Waals surface area contributed by atoms with Crippen LogP contribution >= 0.6 is 0 Å². The minimum Gasteiger partial charge on any atom is -0.445 e. The molecule has 2 bridgehead atoms. The Hall–Kier alpha value is -3.50. The predicted molar refractivity (Wildman–Crippen MR) is 104 cm³/mol. The van der Waals surface area contributed by atoms with E-state index in [1.54, 1.807) is 11.0 Å². The molecule has 0 saturated carbocycles. The van der Waals surface area contributed by atoms with Gasteiger partial charge in [-0.3, -0.25) is 4.79 Å². The van der Waals surface area contributed by atoms with E-state index in [4.69, 9.17) is 4.42 Å². The third-order valence-corrected chi connectivity index (χ3v) is 5.94. The maximum Gasteiger partial charge on any atom is 0.434 e. The van der Waals surface area contributed by atoms with Crippen LogP contribution < -0.4 is 5.32 Å². The largest absolute Gasteiger partial charge is 0.445 e. The summed E-state index contributed by atoms with van der Waals surface area (Å²) in [6.07, 6.45) is 1.90. The number of amides is 1. The molecule has 166 valence electrons. The highest BCUT2D eigenvalue weighted by atomic mass is 19.4. The molecule has 0 unspecified atom stereocenters. The topological polar surface area (TPSA) is 84.2 Å². The molecular formula is C21H17F4N5O2. The molecule has 2 aliphatic rings. The van der Waals surface area contributed by atoms with Crippen LogP contribution in [0.4, 0.5) is 23.4 Å². The van der Waals surface area contributed by atoms with Crippen LogP contribution in [-0.2, 0) is 6.18 Å². The zero-order chi connectivity index (χ0) is 22.5. The molecule has 2 fully saturated rings. The molecule has 1 amide bonds. The van der Waals surface area contributed by atoms with Gasteiger partial charge in [-0.1, -0.05) is 6.07 Å². The first-order chi connectivity index (χ1) is 15.3. The smallest absolute Gasteiger partial charge is 0.434 e. The Morgan fingerprint density at radius 2 is 2.00 bits per heavy atom. The van der Waals surface area contributed by atoms with Gasteiger partial charge in [0, 0.05) is 6.04 Å². The van der Waals surface area contributed by atoms with Crippen molar-refractivity contribution in [2.75, 3.05) is 5.32 Å². The van der Waals surface area contributed by atoms with E-state index in [0.29, 0.717) is 19.0 Å². The molecule has 2 saturated heterocycles. The Labute approximate surface area is 179 Å². The second-order valence-corrected chi connectivity index (χ2v) is 7.78. The summed E-state index contributed by atoms with van der Waals surface area (Å²) in [5.41, 5.74) is -0.919. The van der Waals surface area contributed by atoms with Crippen molar-refractivity contribution in [3.8, 4) is 11.5 Å². The maximum absolute atomic E-state index is 14.8. The van der Waals surface area contributed by atoms with Crippen LogP contribution in [0.5, 0.6) is 0 Å². The molecule has 11 heteroatoms. The first-order valence-electron chi connectivity index (χ1n) is 10.00. The van der Waals surface area contributed by atoms with Crippen LogP contribution in [0.15, 0.2) is 47.5 Å². The summed E-state index contributed by atoms with van der Waals surface area (Å²) in [6.45, 7) is 0. The summed E-state index contributed by atoms with van der Waals surface area (Å²) in [4.78, 5) is 26.3. The van der Waals surface area contributed by atoms with Crippen molar-refractivity contribution < 1.29 is 26.8 Å². The fourth-order valence-corrected chi connectivity index (χ4v) is 4.60. The Bertz CT molecular complexity index is 1130. The minimum absolute atomic E-state index is 0.109. The van der Waals surface area contributed by atoms with Crippen molar-refractivity contribution in [3.63, 3.8) is 0 Å². The van der Waals surface area contributed by atoms with Crippen LogP contribution in [0, 0.1) is 5.82 Å². The highest BCUT2D eigenvalue weighted by molar-refractivity contribution is 6.01. The van der Waals surface area contributed by atoms with Gasteiger partial charge in [-0.25, -0.2) is 19.3 Å². The lowest BCUT2D eigenvalue weighted by Gasteiger charge is -2.26. The Balaban J connectivity index is 1.39. The summed E-state index contributed by atoms with van der Waals surface area (Å²) < 4.78 is 58.2. The van der Waals surface area contributed by atoms with E-state index in [1.807, 2.05) is 0 Å². The highest BCUT2D eigenvalue weighted by Crippen LogP contribution is 2.41. The monoisotopic (exact) mass is 447 g/mol. The number of hydrogen-bond acceptors (Lipinski definition) is 6. The summed E-state index contributed by atoms with van der Waals surface area (Å²) in [7, 11) is 0. The highest BCUT2D eigenvalue weighted by Gasteiger charge is 2.49.